The number of carbonyl (C=O) groups excluding carboxylic acids is 1. The van der Waals surface area contributed by atoms with Gasteiger partial charge >= 0.3 is 5.69 Å². The van der Waals surface area contributed by atoms with Gasteiger partial charge in [0.2, 0.25) is 17.7 Å². The van der Waals surface area contributed by atoms with E-state index in [1.54, 1.807) is 0 Å². The van der Waals surface area contributed by atoms with Gasteiger partial charge in [-0.1, -0.05) is 6.92 Å². The Balaban J connectivity index is 1.72. The van der Waals surface area contributed by atoms with Gasteiger partial charge in [-0.3, -0.25) is 14.9 Å². The van der Waals surface area contributed by atoms with E-state index in [0.29, 0.717) is 38.7 Å². The van der Waals surface area contributed by atoms with Crippen molar-refractivity contribution in [3.8, 4) is 0 Å². The van der Waals surface area contributed by atoms with Crippen molar-refractivity contribution >= 4 is 23.4 Å². The lowest BCUT2D eigenvalue weighted by atomic mass is 9.73. The quantitative estimate of drug-likeness (QED) is 0.487. The molecule has 2 aliphatic rings. The first-order chi connectivity index (χ1) is 13.3. The summed E-state index contributed by atoms with van der Waals surface area (Å²) in [4.78, 5) is 30.5. The van der Waals surface area contributed by atoms with Gasteiger partial charge in [-0.05, 0) is 32.1 Å². The summed E-state index contributed by atoms with van der Waals surface area (Å²) < 4.78 is 19.0. The van der Waals surface area contributed by atoms with Crippen molar-refractivity contribution in [2.24, 2.45) is 11.1 Å². The summed E-state index contributed by atoms with van der Waals surface area (Å²) in [7, 11) is 0. The summed E-state index contributed by atoms with van der Waals surface area (Å²) >= 11 is 0. The van der Waals surface area contributed by atoms with E-state index in [0.717, 1.165) is 6.20 Å². The molecule has 154 valence electrons. The van der Waals surface area contributed by atoms with Crippen molar-refractivity contribution < 1.29 is 18.8 Å². The molecule has 1 saturated carbocycles. The number of hydrogen-bond donors (Lipinski definition) is 3. The molecule has 11 heteroatoms. The highest BCUT2D eigenvalue weighted by Gasteiger charge is 2.36. The largest absolute Gasteiger partial charge is 0.378 e. The number of nitrogens with one attached hydrogen (secondary N) is 2. The van der Waals surface area contributed by atoms with Crippen LogP contribution in [-0.4, -0.2) is 52.3 Å². The van der Waals surface area contributed by atoms with Crippen LogP contribution in [0.3, 0.4) is 0 Å². The molecule has 1 aromatic rings. The Labute approximate surface area is 161 Å². The molecule has 2 fully saturated rings. The molecule has 1 aliphatic heterocycles. The molecule has 0 aromatic carbocycles. The van der Waals surface area contributed by atoms with Crippen LogP contribution < -0.4 is 16.4 Å². The zero-order valence-electron chi connectivity index (χ0n) is 15.7. The molecule has 2 heterocycles. The third kappa shape index (κ3) is 4.46. The number of nitro groups is 1. The first-order valence-electron chi connectivity index (χ1n) is 9.35. The average molecular weight is 396 g/mol. The normalized spacial score (nSPS) is 30.4. The molecule has 2 atom stereocenters. The van der Waals surface area contributed by atoms with Crippen LogP contribution in [0.4, 0.5) is 21.8 Å². The van der Waals surface area contributed by atoms with E-state index in [1.807, 2.05) is 6.92 Å². The summed E-state index contributed by atoms with van der Waals surface area (Å²) in [6.45, 7) is 2.26. The van der Waals surface area contributed by atoms with Gasteiger partial charge in [0.1, 0.15) is 12.4 Å². The van der Waals surface area contributed by atoms with Crippen molar-refractivity contribution in [2.45, 2.75) is 57.3 Å². The van der Waals surface area contributed by atoms with Gasteiger partial charge in [-0.25, -0.2) is 9.37 Å². The molecular weight excluding hydrogens is 371 g/mol. The minimum Gasteiger partial charge on any atom is -0.378 e. The maximum absolute atomic E-state index is 13.9. The molecule has 0 spiro atoms. The zero-order chi connectivity index (χ0) is 20.3. The Morgan fingerprint density at radius 1 is 1.39 bits per heavy atom. The lowest BCUT2D eigenvalue weighted by Gasteiger charge is -2.35. The topological polar surface area (TPSA) is 145 Å². The Morgan fingerprint density at radius 3 is 2.71 bits per heavy atom. The van der Waals surface area contributed by atoms with Crippen molar-refractivity contribution in [1.29, 1.82) is 0 Å². The predicted molar refractivity (Wildman–Crippen MR) is 99.6 cm³/mol. The smallest absolute Gasteiger partial charge is 0.329 e. The highest BCUT2D eigenvalue weighted by atomic mass is 19.1. The Bertz CT molecular complexity index is 740. The van der Waals surface area contributed by atoms with Gasteiger partial charge in [-0.2, -0.15) is 4.98 Å². The Morgan fingerprint density at radius 2 is 2.11 bits per heavy atom. The number of primary amides is 1. The number of alkyl halides is 1. The van der Waals surface area contributed by atoms with E-state index in [-0.39, 0.29) is 36.0 Å². The van der Waals surface area contributed by atoms with Gasteiger partial charge in [0.05, 0.1) is 17.6 Å². The molecule has 10 nitrogen and oxygen atoms in total. The molecule has 1 amide bonds. The fraction of sp³-hybridized carbons (Fsp3) is 0.706. The maximum atomic E-state index is 13.9. The number of halogens is 1. The molecule has 3 rings (SSSR count). The van der Waals surface area contributed by atoms with Gasteiger partial charge in [0, 0.05) is 18.1 Å². The van der Waals surface area contributed by atoms with E-state index in [1.165, 1.54) is 0 Å². The molecule has 1 aliphatic carbocycles. The third-order valence-corrected chi connectivity index (χ3v) is 5.59. The number of aromatic nitrogens is 2. The average Bonchev–Trinajstić information content (AvgIpc) is 2.65. The minimum absolute atomic E-state index is 0.00351. The second-order valence-corrected chi connectivity index (χ2v) is 7.66. The van der Waals surface area contributed by atoms with Crippen LogP contribution in [-0.2, 0) is 9.53 Å². The van der Waals surface area contributed by atoms with Crippen LogP contribution in [0.2, 0.25) is 0 Å². The predicted octanol–water partition coefficient (Wildman–Crippen LogP) is 1.77. The SMILES string of the molecule is C[C@]1(C(N)=O)CC[C@H](Nc2nc(N[C@H]3CCOC[C@H]3F)ncc2[N+](=O)[O-])CC1. The number of ether oxygens (including phenoxy) is 1. The van der Waals surface area contributed by atoms with Crippen molar-refractivity contribution in [3.63, 3.8) is 0 Å². The second kappa shape index (κ2) is 8.21. The molecule has 0 bridgehead atoms. The number of hydrogen-bond acceptors (Lipinski definition) is 8. The number of amides is 1. The van der Waals surface area contributed by atoms with E-state index < -0.39 is 22.6 Å². The number of carbonyl (C=O) groups is 1. The van der Waals surface area contributed by atoms with Crippen LogP contribution in [0.15, 0.2) is 6.20 Å². The highest BCUT2D eigenvalue weighted by molar-refractivity contribution is 5.80. The second-order valence-electron chi connectivity index (χ2n) is 7.66. The fourth-order valence-electron chi connectivity index (χ4n) is 3.56. The van der Waals surface area contributed by atoms with Crippen LogP contribution >= 0.6 is 0 Å². The summed E-state index contributed by atoms with van der Waals surface area (Å²) in [6.07, 6.45) is 2.82. The number of anilines is 2. The van der Waals surface area contributed by atoms with Crippen molar-refractivity contribution in [1.82, 2.24) is 9.97 Å². The van der Waals surface area contributed by atoms with Crippen LogP contribution in [0.25, 0.3) is 0 Å². The molecule has 1 aromatic heterocycles. The molecule has 28 heavy (non-hydrogen) atoms. The maximum Gasteiger partial charge on any atom is 0.329 e. The van der Waals surface area contributed by atoms with E-state index in [4.69, 9.17) is 10.5 Å². The third-order valence-electron chi connectivity index (χ3n) is 5.59. The standard InChI is InChI=1S/C17H25FN6O4/c1-17(15(19)25)5-2-10(3-6-17)21-14-13(24(26)27)8-20-16(23-14)22-12-4-7-28-9-11(12)18/h8,10-12H,2-7,9H2,1H3,(H2,19,25)(H2,20,21,22,23)/t10-,11-,12+,17-/m1/s1. The molecule has 4 N–H and O–H groups in total. The molecule has 0 radical (unpaired) electrons. The summed E-state index contributed by atoms with van der Waals surface area (Å²) in [5, 5.41) is 17.3. The summed E-state index contributed by atoms with van der Waals surface area (Å²) in [6, 6.07) is -0.583. The van der Waals surface area contributed by atoms with E-state index in [9.17, 15) is 19.3 Å². The highest BCUT2D eigenvalue weighted by Crippen LogP contribution is 2.37. The summed E-state index contributed by atoms with van der Waals surface area (Å²) in [5.41, 5.74) is 4.66. The van der Waals surface area contributed by atoms with Gasteiger partial charge in [0.25, 0.3) is 0 Å². The molecule has 0 unspecified atom stereocenters. The number of nitrogens with zero attached hydrogens (tertiary/aromatic N) is 3. The zero-order valence-corrected chi connectivity index (χ0v) is 15.7. The Kier molecular flexibility index (Phi) is 5.92. The first kappa shape index (κ1) is 20.2. The minimum atomic E-state index is -1.20. The first-order valence-corrected chi connectivity index (χ1v) is 9.35. The van der Waals surface area contributed by atoms with E-state index >= 15 is 0 Å². The fourth-order valence-corrected chi connectivity index (χ4v) is 3.56. The van der Waals surface area contributed by atoms with Crippen LogP contribution in [0.5, 0.6) is 0 Å². The van der Waals surface area contributed by atoms with Gasteiger partial charge in [0.15, 0.2) is 0 Å². The van der Waals surface area contributed by atoms with Crippen molar-refractivity contribution in [3.05, 3.63) is 16.3 Å². The van der Waals surface area contributed by atoms with Crippen LogP contribution in [0.1, 0.15) is 39.0 Å². The Hall–Kier alpha value is -2.56. The number of nitrogens with two attached hydrogens (primary N) is 1. The lowest BCUT2D eigenvalue weighted by Crippen LogP contribution is -2.41. The molecular formula is C17H25FN6O4. The molecule has 1 saturated heterocycles. The van der Waals surface area contributed by atoms with Gasteiger partial charge in [-0.15, -0.1) is 0 Å². The van der Waals surface area contributed by atoms with Crippen molar-refractivity contribution in [2.75, 3.05) is 23.8 Å². The number of rotatable bonds is 6. The summed E-state index contributed by atoms with van der Waals surface area (Å²) in [5.74, 6) is -0.124. The lowest BCUT2D eigenvalue weighted by molar-refractivity contribution is -0.384. The van der Waals surface area contributed by atoms with E-state index in [2.05, 4.69) is 20.6 Å². The van der Waals surface area contributed by atoms with Gasteiger partial charge < -0.3 is 21.1 Å². The monoisotopic (exact) mass is 396 g/mol. The van der Waals surface area contributed by atoms with Crippen LogP contribution in [0, 0.1) is 15.5 Å².